The molecular weight excluding hydrogens is 334 g/mol. The van der Waals surface area contributed by atoms with Crippen molar-refractivity contribution in [2.24, 2.45) is 0 Å². The molecule has 2 aromatic heterocycles. The molecule has 6 heteroatoms. The van der Waals surface area contributed by atoms with Crippen molar-refractivity contribution < 1.29 is 9.53 Å². The largest absolute Gasteiger partial charge is 0.397 e. The number of hydrogen-bond donors (Lipinski definition) is 1. The van der Waals surface area contributed by atoms with Crippen LogP contribution in [0, 0.1) is 6.92 Å². The van der Waals surface area contributed by atoms with Crippen LogP contribution in [0.2, 0.25) is 0 Å². The Balaban J connectivity index is 2.10. The summed E-state index contributed by atoms with van der Waals surface area (Å²) in [6.07, 6.45) is 0. The molecule has 130 valence electrons. The number of nitrogens with two attached hydrogens (primary N) is 1. The second kappa shape index (κ2) is 7.21. The molecule has 2 heterocycles. The molecule has 0 saturated heterocycles. The molecule has 0 spiro atoms. The fraction of sp³-hybridized carbons (Fsp3) is 0.263. The first-order valence-electron chi connectivity index (χ1n) is 8.11. The lowest BCUT2D eigenvalue weighted by atomic mass is 10.1. The van der Waals surface area contributed by atoms with E-state index in [0.717, 1.165) is 27.2 Å². The summed E-state index contributed by atoms with van der Waals surface area (Å²) >= 11 is 1.34. The summed E-state index contributed by atoms with van der Waals surface area (Å²) in [4.78, 5) is 20.7. The van der Waals surface area contributed by atoms with Gasteiger partial charge in [-0.1, -0.05) is 18.2 Å². The first-order chi connectivity index (χ1) is 12.1. The number of nitrogen functional groups attached to an aromatic ring is 1. The molecule has 25 heavy (non-hydrogen) atoms. The second-order valence-electron chi connectivity index (χ2n) is 5.77. The number of thiophene rings is 1. The van der Waals surface area contributed by atoms with E-state index in [9.17, 15) is 4.79 Å². The van der Waals surface area contributed by atoms with E-state index in [1.165, 1.54) is 11.3 Å². The number of amides is 1. The van der Waals surface area contributed by atoms with Crippen LogP contribution in [0.15, 0.2) is 36.4 Å². The zero-order valence-corrected chi connectivity index (χ0v) is 15.4. The van der Waals surface area contributed by atoms with Crippen molar-refractivity contribution in [2.45, 2.75) is 20.5 Å². The molecule has 0 atom stereocenters. The smallest absolute Gasteiger partial charge is 0.270 e. The van der Waals surface area contributed by atoms with E-state index in [-0.39, 0.29) is 5.91 Å². The summed E-state index contributed by atoms with van der Waals surface area (Å²) in [5.74, 6) is -0.102. The fourth-order valence-corrected chi connectivity index (χ4v) is 4.08. The van der Waals surface area contributed by atoms with E-state index in [4.69, 9.17) is 10.5 Å². The van der Waals surface area contributed by atoms with E-state index < -0.39 is 0 Å². The van der Waals surface area contributed by atoms with Gasteiger partial charge in [-0.05, 0) is 37.6 Å². The highest BCUT2D eigenvalue weighted by Crippen LogP contribution is 2.37. The number of fused-ring (bicyclic) bond motifs is 1. The summed E-state index contributed by atoms with van der Waals surface area (Å²) in [7, 11) is 1.64. The Bertz CT molecular complexity index is 906. The van der Waals surface area contributed by atoms with Gasteiger partial charge in [0.05, 0.1) is 12.3 Å². The lowest BCUT2D eigenvalue weighted by molar-refractivity contribution is 0.0993. The normalized spacial score (nSPS) is 11.0. The van der Waals surface area contributed by atoms with Gasteiger partial charge < -0.3 is 15.4 Å². The van der Waals surface area contributed by atoms with Crippen LogP contribution in [0.25, 0.3) is 10.2 Å². The quantitative estimate of drug-likeness (QED) is 0.751. The highest BCUT2D eigenvalue weighted by atomic mass is 32.1. The summed E-state index contributed by atoms with van der Waals surface area (Å²) in [6, 6.07) is 11.6. The van der Waals surface area contributed by atoms with E-state index >= 15 is 0 Å². The standard InChI is InChI=1S/C19H21N3O2S/c1-4-22(14-8-6-5-7-9-14)19(23)17-16(20)15-13(11-24-3)10-12(2)21-18(15)25-17/h5-10H,4,11,20H2,1-3H3. The average Bonchev–Trinajstić information content (AvgIpc) is 2.93. The molecule has 1 amide bonds. The van der Waals surface area contributed by atoms with Crippen molar-refractivity contribution >= 4 is 38.8 Å². The molecule has 0 unspecified atom stereocenters. The highest BCUT2D eigenvalue weighted by molar-refractivity contribution is 7.21. The lowest BCUT2D eigenvalue weighted by Gasteiger charge is -2.20. The molecule has 3 aromatic rings. The van der Waals surface area contributed by atoms with Crippen molar-refractivity contribution in [3.63, 3.8) is 0 Å². The van der Waals surface area contributed by atoms with Gasteiger partial charge in [0.15, 0.2) is 0 Å². The number of carbonyl (C=O) groups is 1. The number of ether oxygens (including phenoxy) is 1. The number of hydrogen-bond acceptors (Lipinski definition) is 5. The van der Waals surface area contributed by atoms with Crippen LogP contribution in [-0.4, -0.2) is 24.5 Å². The van der Waals surface area contributed by atoms with E-state index in [1.807, 2.05) is 50.2 Å². The van der Waals surface area contributed by atoms with Crippen LogP contribution in [0.1, 0.15) is 27.9 Å². The summed E-state index contributed by atoms with van der Waals surface area (Å²) in [6.45, 7) is 4.88. The molecule has 3 rings (SSSR count). The third-order valence-corrected chi connectivity index (χ3v) is 5.12. The number of para-hydroxylation sites is 1. The molecule has 0 aliphatic heterocycles. The Kier molecular flexibility index (Phi) is 5.01. The fourth-order valence-electron chi connectivity index (χ4n) is 2.94. The Morgan fingerprint density at radius 1 is 1.32 bits per heavy atom. The third-order valence-electron chi connectivity index (χ3n) is 4.03. The molecule has 0 radical (unpaired) electrons. The van der Waals surface area contributed by atoms with Crippen LogP contribution in [0.5, 0.6) is 0 Å². The highest BCUT2D eigenvalue weighted by Gasteiger charge is 2.24. The third kappa shape index (κ3) is 3.23. The van der Waals surface area contributed by atoms with Gasteiger partial charge in [0.25, 0.3) is 5.91 Å². The molecule has 0 saturated carbocycles. The Labute approximate surface area is 151 Å². The van der Waals surface area contributed by atoms with Gasteiger partial charge in [0.2, 0.25) is 0 Å². The van der Waals surface area contributed by atoms with Gasteiger partial charge in [0, 0.05) is 30.4 Å². The van der Waals surface area contributed by atoms with Crippen LogP contribution >= 0.6 is 11.3 Å². The zero-order valence-electron chi connectivity index (χ0n) is 14.6. The van der Waals surface area contributed by atoms with E-state index in [2.05, 4.69) is 4.98 Å². The number of rotatable bonds is 5. The number of methoxy groups -OCH3 is 1. The monoisotopic (exact) mass is 355 g/mol. The lowest BCUT2D eigenvalue weighted by Crippen LogP contribution is -2.30. The van der Waals surface area contributed by atoms with Gasteiger partial charge in [-0.25, -0.2) is 4.98 Å². The number of pyridine rings is 1. The SMILES string of the molecule is CCN(C(=O)c1sc2nc(C)cc(COC)c2c1N)c1ccccc1. The molecule has 0 bridgehead atoms. The van der Waals surface area contributed by atoms with E-state index in [1.54, 1.807) is 12.0 Å². The van der Waals surface area contributed by atoms with Gasteiger partial charge in [0.1, 0.15) is 9.71 Å². The minimum Gasteiger partial charge on any atom is -0.397 e. The summed E-state index contributed by atoms with van der Waals surface area (Å²) in [5.41, 5.74) is 9.54. The number of aryl methyl sites for hydroxylation is 1. The summed E-state index contributed by atoms with van der Waals surface area (Å²) < 4.78 is 5.28. The van der Waals surface area contributed by atoms with E-state index in [0.29, 0.717) is 23.7 Å². The number of carbonyl (C=O) groups excluding carboxylic acids is 1. The van der Waals surface area contributed by atoms with Crippen molar-refractivity contribution in [2.75, 3.05) is 24.3 Å². The van der Waals surface area contributed by atoms with Crippen molar-refractivity contribution in [3.8, 4) is 0 Å². The van der Waals surface area contributed by atoms with Crippen LogP contribution < -0.4 is 10.6 Å². The molecule has 0 aliphatic carbocycles. The van der Waals surface area contributed by atoms with Gasteiger partial charge >= 0.3 is 0 Å². The Hall–Kier alpha value is -2.44. The number of benzene rings is 1. The average molecular weight is 355 g/mol. The van der Waals surface area contributed by atoms with Gasteiger partial charge in [-0.2, -0.15) is 0 Å². The first-order valence-corrected chi connectivity index (χ1v) is 8.92. The predicted octanol–water partition coefficient (Wildman–Crippen LogP) is 4.00. The van der Waals surface area contributed by atoms with Crippen LogP contribution in [0.4, 0.5) is 11.4 Å². The minimum absolute atomic E-state index is 0.102. The maximum Gasteiger partial charge on any atom is 0.270 e. The minimum atomic E-state index is -0.102. The molecular formula is C19H21N3O2S. The van der Waals surface area contributed by atoms with Gasteiger partial charge in [-0.15, -0.1) is 11.3 Å². The maximum atomic E-state index is 13.1. The number of anilines is 2. The summed E-state index contributed by atoms with van der Waals surface area (Å²) in [5, 5.41) is 0.824. The molecule has 1 aromatic carbocycles. The molecule has 5 nitrogen and oxygen atoms in total. The Morgan fingerprint density at radius 2 is 2.04 bits per heavy atom. The van der Waals surface area contributed by atoms with Crippen molar-refractivity contribution in [1.82, 2.24) is 4.98 Å². The number of aromatic nitrogens is 1. The number of nitrogens with zero attached hydrogens (tertiary/aromatic N) is 2. The zero-order chi connectivity index (χ0) is 18.0. The van der Waals surface area contributed by atoms with Crippen LogP contribution in [0.3, 0.4) is 0 Å². The van der Waals surface area contributed by atoms with Gasteiger partial charge in [-0.3, -0.25) is 4.79 Å². The predicted molar refractivity (Wildman–Crippen MR) is 103 cm³/mol. The molecule has 0 aliphatic rings. The first kappa shape index (κ1) is 17.4. The van der Waals surface area contributed by atoms with Crippen molar-refractivity contribution in [3.05, 3.63) is 52.5 Å². The Morgan fingerprint density at radius 3 is 2.68 bits per heavy atom. The topological polar surface area (TPSA) is 68.5 Å². The molecule has 2 N–H and O–H groups in total. The van der Waals surface area contributed by atoms with Crippen molar-refractivity contribution in [1.29, 1.82) is 0 Å². The molecule has 0 fully saturated rings. The maximum absolute atomic E-state index is 13.1. The second-order valence-corrected chi connectivity index (χ2v) is 6.76. The van der Waals surface area contributed by atoms with Crippen LogP contribution in [-0.2, 0) is 11.3 Å².